The third kappa shape index (κ3) is 3.73. The number of aryl methyl sites for hydroxylation is 1. The highest BCUT2D eigenvalue weighted by atomic mass is 32.2. The Morgan fingerprint density at radius 3 is 3.00 bits per heavy atom. The van der Waals surface area contributed by atoms with Gasteiger partial charge in [0.1, 0.15) is 5.01 Å². The predicted octanol–water partition coefficient (Wildman–Crippen LogP) is 2.18. The molecule has 1 rings (SSSR count). The predicted molar refractivity (Wildman–Crippen MR) is 54.9 cm³/mol. The number of oxime groups is 1. The summed E-state index contributed by atoms with van der Waals surface area (Å²) in [6.07, 6.45) is 2.23. The van der Waals surface area contributed by atoms with E-state index < -0.39 is 0 Å². The summed E-state index contributed by atoms with van der Waals surface area (Å²) >= 11 is 3.23. The van der Waals surface area contributed by atoms with Crippen LogP contribution < -0.4 is 0 Å². The van der Waals surface area contributed by atoms with Gasteiger partial charge in [0, 0.05) is 11.5 Å². The van der Waals surface area contributed by atoms with Crippen LogP contribution in [0.3, 0.4) is 0 Å². The molecule has 0 bridgehead atoms. The van der Waals surface area contributed by atoms with Gasteiger partial charge >= 0.3 is 0 Å². The summed E-state index contributed by atoms with van der Waals surface area (Å²) in [5.74, 6) is 0. The second-order valence-corrected chi connectivity index (χ2v) is 5.42. The lowest BCUT2D eigenvalue weighted by molar-refractivity contribution is 0.320. The van der Waals surface area contributed by atoms with E-state index >= 15 is 0 Å². The van der Waals surface area contributed by atoms with E-state index in [1.54, 1.807) is 23.1 Å². The fourth-order valence-corrected chi connectivity index (χ4v) is 2.82. The molecule has 1 aromatic heterocycles. The minimum absolute atomic E-state index is 0.364. The summed E-state index contributed by atoms with van der Waals surface area (Å²) in [4.78, 5) is 0. The molecule has 1 N–H and O–H groups in total. The molecule has 0 amide bonds. The second kappa shape index (κ2) is 5.18. The van der Waals surface area contributed by atoms with Gasteiger partial charge in [-0.05, 0) is 13.3 Å². The van der Waals surface area contributed by atoms with E-state index in [1.165, 1.54) is 6.21 Å². The van der Waals surface area contributed by atoms with Crippen LogP contribution in [0, 0.1) is 6.92 Å². The molecule has 0 saturated heterocycles. The fraction of sp³-hybridized carbons (Fsp3) is 0.571. The zero-order valence-electron chi connectivity index (χ0n) is 7.47. The van der Waals surface area contributed by atoms with Crippen molar-refractivity contribution in [1.29, 1.82) is 0 Å². The Hall–Kier alpha value is -0.620. The van der Waals surface area contributed by atoms with Gasteiger partial charge in [0.2, 0.25) is 0 Å². The molecule has 1 unspecified atom stereocenters. The van der Waals surface area contributed by atoms with Crippen LogP contribution in [0.15, 0.2) is 9.50 Å². The lowest BCUT2D eigenvalue weighted by Crippen LogP contribution is -1.95. The lowest BCUT2D eigenvalue weighted by Gasteiger charge is -2.02. The Morgan fingerprint density at radius 1 is 1.69 bits per heavy atom. The largest absolute Gasteiger partial charge is 0.411 e. The van der Waals surface area contributed by atoms with E-state index in [1.807, 2.05) is 6.92 Å². The zero-order valence-corrected chi connectivity index (χ0v) is 9.10. The minimum atomic E-state index is 0.364. The van der Waals surface area contributed by atoms with Crippen molar-refractivity contribution in [3.63, 3.8) is 0 Å². The molecule has 6 heteroatoms. The van der Waals surface area contributed by atoms with Crippen LogP contribution in [0.2, 0.25) is 0 Å². The van der Waals surface area contributed by atoms with Crippen LogP contribution in [0.1, 0.15) is 18.4 Å². The van der Waals surface area contributed by atoms with Crippen molar-refractivity contribution in [1.82, 2.24) is 10.2 Å². The van der Waals surface area contributed by atoms with Gasteiger partial charge in [-0.2, -0.15) is 0 Å². The molecule has 13 heavy (non-hydrogen) atoms. The maximum atomic E-state index is 8.22. The molecule has 1 aromatic rings. The van der Waals surface area contributed by atoms with E-state index in [9.17, 15) is 0 Å². The summed E-state index contributed by atoms with van der Waals surface area (Å²) in [6, 6.07) is 0. The highest BCUT2D eigenvalue weighted by molar-refractivity contribution is 8.01. The van der Waals surface area contributed by atoms with Crippen molar-refractivity contribution >= 4 is 29.3 Å². The van der Waals surface area contributed by atoms with Gasteiger partial charge in [-0.3, -0.25) is 0 Å². The lowest BCUT2D eigenvalue weighted by atomic mass is 10.4. The van der Waals surface area contributed by atoms with Crippen LogP contribution >= 0.6 is 23.1 Å². The van der Waals surface area contributed by atoms with Crippen LogP contribution in [0.25, 0.3) is 0 Å². The van der Waals surface area contributed by atoms with Gasteiger partial charge < -0.3 is 5.21 Å². The number of nitrogens with zero attached hydrogens (tertiary/aromatic N) is 3. The molecule has 72 valence electrons. The molecule has 0 radical (unpaired) electrons. The average molecular weight is 217 g/mol. The molecule has 0 aliphatic carbocycles. The molecule has 1 atom stereocenters. The van der Waals surface area contributed by atoms with Gasteiger partial charge in [0.25, 0.3) is 0 Å². The third-order valence-corrected chi connectivity index (χ3v) is 3.38. The first-order chi connectivity index (χ1) is 6.22. The quantitative estimate of drug-likeness (QED) is 0.363. The van der Waals surface area contributed by atoms with Crippen molar-refractivity contribution in [2.75, 3.05) is 0 Å². The monoisotopic (exact) mass is 217 g/mol. The molecular weight excluding hydrogens is 206 g/mol. The van der Waals surface area contributed by atoms with E-state index in [-0.39, 0.29) is 0 Å². The first kappa shape index (κ1) is 10.5. The normalized spacial score (nSPS) is 13.7. The second-order valence-electron chi connectivity index (χ2n) is 2.55. The maximum Gasteiger partial charge on any atom is 0.174 e. The average Bonchev–Trinajstić information content (AvgIpc) is 2.48. The first-order valence-electron chi connectivity index (χ1n) is 3.85. The van der Waals surface area contributed by atoms with Crippen molar-refractivity contribution in [3.8, 4) is 0 Å². The van der Waals surface area contributed by atoms with Gasteiger partial charge in [-0.25, -0.2) is 0 Å². The number of hydrogen-bond acceptors (Lipinski definition) is 6. The Morgan fingerprint density at radius 2 is 2.46 bits per heavy atom. The topological polar surface area (TPSA) is 58.4 Å². The summed E-state index contributed by atoms with van der Waals surface area (Å²) < 4.78 is 0.969. The molecule has 0 saturated carbocycles. The van der Waals surface area contributed by atoms with Crippen LogP contribution in [0.4, 0.5) is 0 Å². The van der Waals surface area contributed by atoms with Gasteiger partial charge in [-0.1, -0.05) is 30.0 Å². The minimum Gasteiger partial charge on any atom is -0.411 e. The number of aromatic nitrogens is 2. The highest BCUT2D eigenvalue weighted by Crippen LogP contribution is 2.27. The van der Waals surface area contributed by atoms with Crippen molar-refractivity contribution < 1.29 is 5.21 Å². The maximum absolute atomic E-state index is 8.22. The summed E-state index contributed by atoms with van der Waals surface area (Å²) in [6.45, 7) is 3.99. The first-order valence-corrected chi connectivity index (χ1v) is 5.54. The van der Waals surface area contributed by atoms with Gasteiger partial charge in [-0.15, -0.1) is 15.4 Å². The number of thioether (sulfide) groups is 1. The molecule has 0 aromatic carbocycles. The van der Waals surface area contributed by atoms with Gasteiger partial charge in [0.05, 0.1) is 0 Å². The molecule has 0 fully saturated rings. The van der Waals surface area contributed by atoms with E-state index in [2.05, 4.69) is 22.3 Å². The molecule has 1 heterocycles. The zero-order chi connectivity index (χ0) is 9.68. The van der Waals surface area contributed by atoms with Crippen LogP contribution in [-0.4, -0.2) is 26.9 Å². The number of hydrogen-bond donors (Lipinski definition) is 1. The van der Waals surface area contributed by atoms with Crippen molar-refractivity contribution in [3.05, 3.63) is 5.01 Å². The van der Waals surface area contributed by atoms with Gasteiger partial charge in [0.15, 0.2) is 4.34 Å². The third-order valence-electron chi connectivity index (χ3n) is 1.33. The molecular formula is C7H11N3OS2. The Balaban J connectivity index is 2.40. The van der Waals surface area contributed by atoms with Crippen molar-refractivity contribution in [2.45, 2.75) is 29.9 Å². The molecule has 4 nitrogen and oxygen atoms in total. The van der Waals surface area contributed by atoms with E-state index in [0.29, 0.717) is 5.25 Å². The van der Waals surface area contributed by atoms with Crippen LogP contribution in [-0.2, 0) is 0 Å². The standard InChI is InChI=1S/C7H11N3OS2/c1-5(3-4-8-11)12-7-10-9-6(2)13-7/h4-5,11H,3H2,1-2H3. The van der Waals surface area contributed by atoms with Crippen molar-refractivity contribution in [2.24, 2.45) is 5.16 Å². The summed E-state index contributed by atoms with van der Waals surface area (Å²) in [5, 5.41) is 20.4. The van der Waals surface area contributed by atoms with Crippen LogP contribution in [0.5, 0.6) is 0 Å². The summed E-state index contributed by atoms with van der Waals surface area (Å²) in [7, 11) is 0. The number of rotatable bonds is 4. The van der Waals surface area contributed by atoms with E-state index in [4.69, 9.17) is 5.21 Å². The smallest absolute Gasteiger partial charge is 0.174 e. The fourth-order valence-electron chi connectivity index (χ4n) is 0.742. The Kier molecular flexibility index (Phi) is 4.17. The molecule has 0 spiro atoms. The molecule has 0 aliphatic rings. The highest BCUT2D eigenvalue weighted by Gasteiger charge is 2.06. The van der Waals surface area contributed by atoms with E-state index in [0.717, 1.165) is 15.8 Å². The summed E-state index contributed by atoms with van der Waals surface area (Å²) in [5.41, 5.74) is 0. The Labute approximate surface area is 85.1 Å². The SMILES string of the molecule is Cc1nnc(SC(C)CC=NO)s1. The Bertz CT molecular complexity index is 287. The molecule has 0 aliphatic heterocycles.